The predicted molar refractivity (Wildman–Crippen MR) is 70.1 cm³/mol. The zero-order chi connectivity index (χ0) is 12.3. The van der Waals surface area contributed by atoms with Crippen molar-refractivity contribution >= 4 is 11.6 Å². The molecule has 17 heavy (non-hydrogen) atoms. The van der Waals surface area contributed by atoms with E-state index in [1.54, 1.807) is 7.11 Å². The molecule has 94 valence electrons. The third kappa shape index (κ3) is 3.09. The molecule has 1 aromatic heterocycles. The van der Waals surface area contributed by atoms with Gasteiger partial charge in [-0.15, -0.1) is 0 Å². The van der Waals surface area contributed by atoms with Crippen molar-refractivity contribution < 1.29 is 4.74 Å². The number of ether oxygens (including phenoxy) is 1. The first-order valence-electron chi connectivity index (χ1n) is 6.20. The summed E-state index contributed by atoms with van der Waals surface area (Å²) in [6, 6.07) is 6.31. The Balaban J connectivity index is 2.13. The zero-order valence-electron chi connectivity index (χ0n) is 10.6. The molecule has 1 aliphatic rings. The molecular weight excluding hydrogens is 214 g/mol. The lowest BCUT2D eigenvalue weighted by Crippen LogP contribution is -2.37. The van der Waals surface area contributed by atoms with E-state index in [0.29, 0.717) is 18.5 Å². The average Bonchev–Trinajstić information content (AvgIpc) is 3.13. The Bertz CT molecular complexity index is 365. The van der Waals surface area contributed by atoms with Gasteiger partial charge in [0, 0.05) is 19.7 Å². The first kappa shape index (κ1) is 12.2. The summed E-state index contributed by atoms with van der Waals surface area (Å²) in [6.45, 7) is 3.84. The van der Waals surface area contributed by atoms with Gasteiger partial charge in [-0.2, -0.15) is 0 Å². The standard InChI is InChI=1S/C13H21N3O/c1-10(11-6-7-11)16(8-9-17-2)13-5-3-4-12(14)15-13/h3-5,10-11H,6-9H2,1-2H3,(H2,14,15). The highest BCUT2D eigenvalue weighted by atomic mass is 16.5. The number of aromatic nitrogens is 1. The second-order valence-corrected chi connectivity index (χ2v) is 4.68. The summed E-state index contributed by atoms with van der Waals surface area (Å²) in [5.41, 5.74) is 5.75. The molecule has 1 aromatic rings. The molecule has 2 rings (SSSR count). The van der Waals surface area contributed by atoms with Crippen LogP contribution in [0.4, 0.5) is 11.6 Å². The van der Waals surface area contributed by atoms with Crippen molar-refractivity contribution in [2.75, 3.05) is 30.9 Å². The van der Waals surface area contributed by atoms with Gasteiger partial charge >= 0.3 is 0 Å². The van der Waals surface area contributed by atoms with Crippen molar-refractivity contribution in [2.45, 2.75) is 25.8 Å². The molecule has 1 atom stereocenters. The van der Waals surface area contributed by atoms with Crippen LogP contribution in [-0.2, 0) is 4.74 Å². The molecule has 4 heteroatoms. The lowest BCUT2D eigenvalue weighted by molar-refractivity contribution is 0.202. The van der Waals surface area contributed by atoms with Gasteiger partial charge in [-0.1, -0.05) is 6.07 Å². The predicted octanol–water partition coefficient (Wildman–Crippen LogP) is 1.92. The van der Waals surface area contributed by atoms with Gasteiger partial charge in [0.25, 0.3) is 0 Å². The molecule has 1 aliphatic carbocycles. The van der Waals surface area contributed by atoms with E-state index >= 15 is 0 Å². The Morgan fingerprint density at radius 2 is 2.29 bits per heavy atom. The van der Waals surface area contributed by atoms with Gasteiger partial charge in [-0.25, -0.2) is 4.98 Å². The first-order valence-corrected chi connectivity index (χ1v) is 6.20. The van der Waals surface area contributed by atoms with Crippen LogP contribution in [0, 0.1) is 5.92 Å². The number of nitrogen functional groups attached to an aromatic ring is 1. The Labute approximate surface area is 103 Å². The van der Waals surface area contributed by atoms with E-state index in [9.17, 15) is 0 Å². The Kier molecular flexibility index (Phi) is 3.84. The maximum absolute atomic E-state index is 5.75. The molecule has 0 bridgehead atoms. The van der Waals surface area contributed by atoms with Gasteiger partial charge in [0.15, 0.2) is 0 Å². The van der Waals surface area contributed by atoms with Crippen molar-refractivity contribution in [2.24, 2.45) is 5.92 Å². The molecule has 0 aliphatic heterocycles. The first-order chi connectivity index (χ1) is 8.22. The maximum Gasteiger partial charge on any atom is 0.131 e. The van der Waals surface area contributed by atoms with E-state index in [4.69, 9.17) is 10.5 Å². The van der Waals surface area contributed by atoms with Gasteiger partial charge < -0.3 is 15.4 Å². The number of pyridine rings is 1. The molecule has 1 heterocycles. The molecule has 1 unspecified atom stereocenters. The molecule has 0 amide bonds. The highest BCUT2D eigenvalue weighted by Gasteiger charge is 2.32. The van der Waals surface area contributed by atoms with Crippen LogP contribution in [0.1, 0.15) is 19.8 Å². The molecule has 0 radical (unpaired) electrons. The number of hydrogen-bond donors (Lipinski definition) is 1. The van der Waals surface area contributed by atoms with Gasteiger partial charge in [0.05, 0.1) is 6.61 Å². The molecule has 1 saturated carbocycles. The number of nitrogens with zero attached hydrogens (tertiary/aromatic N) is 2. The van der Waals surface area contributed by atoms with Crippen LogP contribution in [0.15, 0.2) is 18.2 Å². The van der Waals surface area contributed by atoms with Crippen LogP contribution in [-0.4, -0.2) is 31.3 Å². The smallest absolute Gasteiger partial charge is 0.131 e. The van der Waals surface area contributed by atoms with Crippen LogP contribution in [0.25, 0.3) is 0 Å². The highest BCUT2D eigenvalue weighted by molar-refractivity contribution is 5.45. The quantitative estimate of drug-likeness (QED) is 0.818. The Morgan fingerprint density at radius 1 is 1.53 bits per heavy atom. The molecule has 2 N–H and O–H groups in total. The maximum atomic E-state index is 5.75. The lowest BCUT2D eigenvalue weighted by atomic mass is 10.2. The minimum absolute atomic E-state index is 0.513. The van der Waals surface area contributed by atoms with Crippen LogP contribution in [0.2, 0.25) is 0 Å². The highest BCUT2D eigenvalue weighted by Crippen LogP contribution is 2.36. The molecular formula is C13H21N3O. The summed E-state index contributed by atoms with van der Waals surface area (Å²) in [7, 11) is 1.73. The van der Waals surface area contributed by atoms with Gasteiger partial charge in [0.1, 0.15) is 11.6 Å². The summed E-state index contributed by atoms with van der Waals surface area (Å²) in [4.78, 5) is 6.71. The molecule has 0 saturated heterocycles. The average molecular weight is 235 g/mol. The van der Waals surface area contributed by atoms with Crippen molar-refractivity contribution in [3.8, 4) is 0 Å². The topological polar surface area (TPSA) is 51.4 Å². The van der Waals surface area contributed by atoms with E-state index in [1.807, 2.05) is 18.2 Å². The molecule has 4 nitrogen and oxygen atoms in total. The van der Waals surface area contributed by atoms with Crippen LogP contribution < -0.4 is 10.6 Å². The molecule has 0 spiro atoms. The van der Waals surface area contributed by atoms with E-state index < -0.39 is 0 Å². The van der Waals surface area contributed by atoms with E-state index in [0.717, 1.165) is 18.3 Å². The largest absolute Gasteiger partial charge is 0.384 e. The van der Waals surface area contributed by atoms with E-state index in [-0.39, 0.29) is 0 Å². The summed E-state index contributed by atoms with van der Waals surface area (Å²) < 4.78 is 5.17. The van der Waals surface area contributed by atoms with Crippen LogP contribution in [0.3, 0.4) is 0 Å². The Morgan fingerprint density at radius 3 is 2.88 bits per heavy atom. The second kappa shape index (κ2) is 5.36. The fraction of sp³-hybridized carbons (Fsp3) is 0.615. The third-order valence-electron chi connectivity index (χ3n) is 3.38. The number of rotatable bonds is 6. The summed E-state index contributed by atoms with van der Waals surface area (Å²) in [5, 5.41) is 0. The number of hydrogen-bond acceptors (Lipinski definition) is 4. The van der Waals surface area contributed by atoms with Crippen molar-refractivity contribution in [1.82, 2.24) is 4.98 Å². The monoisotopic (exact) mass is 235 g/mol. The lowest BCUT2D eigenvalue weighted by Gasteiger charge is -2.30. The fourth-order valence-electron chi connectivity index (χ4n) is 2.15. The van der Waals surface area contributed by atoms with Gasteiger partial charge in [-0.3, -0.25) is 0 Å². The normalized spacial score (nSPS) is 16.8. The van der Waals surface area contributed by atoms with Crippen LogP contribution >= 0.6 is 0 Å². The summed E-state index contributed by atoms with van der Waals surface area (Å²) >= 11 is 0. The van der Waals surface area contributed by atoms with E-state index in [2.05, 4.69) is 16.8 Å². The van der Waals surface area contributed by atoms with Crippen LogP contribution in [0.5, 0.6) is 0 Å². The molecule has 1 fully saturated rings. The number of nitrogens with two attached hydrogens (primary N) is 1. The minimum atomic E-state index is 0.513. The van der Waals surface area contributed by atoms with Crippen molar-refractivity contribution in [3.63, 3.8) is 0 Å². The zero-order valence-corrected chi connectivity index (χ0v) is 10.6. The Hall–Kier alpha value is -1.29. The SMILES string of the molecule is COCCN(c1cccc(N)n1)C(C)C1CC1. The van der Waals surface area contributed by atoms with Gasteiger partial charge in [0.2, 0.25) is 0 Å². The number of methoxy groups -OCH3 is 1. The fourth-order valence-corrected chi connectivity index (χ4v) is 2.15. The van der Waals surface area contributed by atoms with Crippen molar-refractivity contribution in [1.29, 1.82) is 0 Å². The number of anilines is 2. The second-order valence-electron chi connectivity index (χ2n) is 4.68. The third-order valence-corrected chi connectivity index (χ3v) is 3.38. The summed E-state index contributed by atoms with van der Waals surface area (Å²) in [6.07, 6.45) is 2.65. The minimum Gasteiger partial charge on any atom is -0.384 e. The molecule has 0 aromatic carbocycles. The van der Waals surface area contributed by atoms with Crippen molar-refractivity contribution in [3.05, 3.63) is 18.2 Å². The van der Waals surface area contributed by atoms with Gasteiger partial charge in [-0.05, 0) is 37.8 Å². The summed E-state index contributed by atoms with van der Waals surface area (Å²) in [5.74, 6) is 2.34. The van der Waals surface area contributed by atoms with E-state index in [1.165, 1.54) is 12.8 Å².